The van der Waals surface area contributed by atoms with Crippen molar-refractivity contribution in [3.8, 4) is 0 Å². The van der Waals surface area contributed by atoms with Crippen molar-refractivity contribution < 1.29 is 0 Å². The van der Waals surface area contributed by atoms with E-state index in [-0.39, 0.29) is 0 Å². The molecule has 0 radical (unpaired) electrons. The van der Waals surface area contributed by atoms with Crippen LogP contribution in [0.2, 0.25) is 0 Å². The van der Waals surface area contributed by atoms with E-state index in [9.17, 15) is 0 Å². The Labute approximate surface area is 111 Å². The second-order valence-electron chi connectivity index (χ2n) is 6.53. The van der Waals surface area contributed by atoms with E-state index in [1.807, 2.05) is 0 Å². The maximum Gasteiger partial charge on any atom is 0.0244 e. The summed E-state index contributed by atoms with van der Waals surface area (Å²) in [5.41, 5.74) is 3.21. The maximum atomic E-state index is 3.65. The van der Waals surface area contributed by atoms with Gasteiger partial charge < -0.3 is 5.32 Å². The molecule has 0 spiro atoms. The highest BCUT2D eigenvalue weighted by atomic mass is 15.2. The lowest BCUT2D eigenvalue weighted by Crippen LogP contribution is -2.55. The van der Waals surface area contributed by atoms with Crippen LogP contribution in [0.5, 0.6) is 0 Å². The molecule has 2 rings (SSSR count). The van der Waals surface area contributed by atoms with Gasteiger partial charge in [-0.3, -0.25) is 4.90 Å². The van der Waals surface area contributed by atoms with Crippen molar-refractivity contribution in [1.82, 2.24) is 10.2 Å². The highest BCUT2D eigenvalue weighted by molar-refractivity contribution is 5.25. The van der Waals surface area contributed by atoms with Gasteiger partial charge in [0, 0.05) is 32.2 Å². The van der Waals surface area contributed by atoms with E-state index >= 15 is 0 Å². The Morgan fingerprint density at radius 2 is 2.00 bits per heavy atom. The van der Waals surface area contributed by atoms with Crippen LogP contribution in [0, 0.1) is 12.3 Å². The molecule has 1 saturated heterocycles. The van der Waals surface area contributed by atoms with E-state index in [4.69, 9.17) is 0 Å². The van der Waals surface area contributed by atoms with Gasteiger partial charge in [-0.1, -0.05) is 45.0 Å². The third kappa shape index (κ3) is 3.33. The van der Waals surface area contributed by atoms with Crippen molar-refractivity contribution in [3.63, 3.8) is 0 Å². The van der Waals surface area contributed by atoms with Gasteiger partial charge in [-0.15, -0.1) is 0 Å². The van der Waals surface area contributed by atoms with E-state index in [1.54, 1.807) is 0 Å². The quantitative estimate of drug-likeness (QED) is 0.863. The van der Waals surface area contributed by atoms with Crippen molar-refractivity contribution in [2.24, 2.45) is 5.41 Å². The molecule has 0 amide bonds. The number of nitrogens with one attached hydrogen (secondary N) is 1. The van der Waals surface area contributed by atoms with Crippen molar-refractivity contribution >= 4 is 0 Å². The van der Waals surface area contributed by atoms with E-state index in [2.05, 4.69) is 62.2 Å². The highest BCUT2D eigenvalue weighted by Gasteiger charge is 2.29. The third-order valence-corrected chi connectivity index (χ3v) is 3.96. The molecule has 0 aliphatic carbocycles. The predicted octanol–water partition coefficient (Wildman–Crippen LogP) is 2.81. The summed E-state index contributed by atoms with van der Waals surface area (Å²) in [4.78, 5) is 2.58. The van der Waals surface area contributed by atoms with Gasteiger partial charge in [0.15, 0.2) is 0 Å². The Bertz CT molecular complexity index is 392. The molecule has 18 heavy (non-hydrogen) atoms. The number of hydrogen-bond donors (Lipinski definition) is 1. The van der Waals surface area contributed by atoms with Gasteiger partial charge in [-0.05, 0) is 23.5 Å². The summed E-state index contributed by atoms with van der Waals surface area (Å²) in [7, 11) is 0. The van der Waals surface area contributed by atoms with Crippen molar-refractivity contribution in [1.29, 1.82) is 0 Å². The normalized spacial score (nSPS) is 22.1. The first-order valence-corrected chi connectivity index (χ1v) is 6.97. The minimum atomic E-state index is 0.338. The maximum absolute atomic E-state index is 3.65. The second kappa shape index (κ2) is 5.41. The number of hydrogen-bond acceptors (Lipinski definition) is 2. The lowest BCUT2D eigenvalue weighted by molar-refractivity contribution is 0.129. The van der Waals surface area contributed by atoms with E-state index in [0.29, 0.717) is 11.5 Å². The van der Waals surface area contributed by atoms with Crippen LogP contribution in [0.3, 0.4) is 0 Å². The molecule has 1 aromatic rings. The zero-order chi connectivity index (χ0) is 13.2. The molecular weight excluding hydrogens is 220 g/mol. The van der Waals surface area contributed by atoms with Crippen LogP contribution in [0.4, 0.5) is 0 Å². The minimum absolute atomic E-state index is 0.338. The van der Waals surface area contributed by atoms with Crippen molar-refractivity contribution in [2.75, 3.05) is 19.6 Å². The summed E-state index contributed by atoms with van der Waals surface area (Å²) in [6.07, 6.45) is 0. The first kappa shape index (κ1) is 13.6. The SMILES string of the molecule is Cc1ccccc1CN1CCNC(C(C)(C)C)C1. The summed E-state index contributed by atoms with van der Waals surface area (Å²) in [6.45, 7) is 13.7. The zero-order valence-corrected chi connectivity index (χ0v) is 12.2. The highest BCUT2D eigenvalue weighted by Crippen LogP contribution is 2.22. The summed E-state index contributed by atoms with van der Waals surface area (Å²) in [5, 5.41) is 3.65. The summed E-state index contributed by atoms with van der Waals surface area (Å²) >= 11 is 0. The fourth-order valence-electron chi connectivity index (χ4n) is 2.56. The van der Waals surface area contributed by atoms with Crippen LogP contribution in [0.25, 0.3) is 0 Å². The largest absolute Gasteiger partial charge is 0.311 e. The molecule has 100 valence electrons. The summed E-state index contributed by atoms with van der Waals surface area (Å²) < 4.78 is 0. The fourth-order valence-corrected chi connectivity index (χ4v) is 2.56. The fraction of sp³-hybridized carbons (Fsp3) is 0.625. The Morgan fingerprint density at radius 1 is 1.28 bits per heavy atom. The first-order valence-electron chi connectivity index (χ1n) is 6.97. The van der Waals surface area contributed by atoms with Gasteiger partial charge in [0.1, 0.15) is 0 Å². The van der Waals surface area contributed by atoms with Crippen LogP contribution >= 0.6 is 0 Å². The lowest BCUT2D eigenvalue weighted by atomic mass is 9.85. The van der Waals surface area contributed by atoms with Crippen molar-refractivity contribution in [3.05, 3.63) is 35.4 Å². The average molecular weight is 246 g/mol. The van der Waals surface area contributed by atoms with Crippen LogP contribution in [-0.4, -0.2) is 30.6 Å². The Balaban J connectivity index is 2.00. The molecular formula is C16H26N2. The van der Waals surface area contributed by atoms with Crippen LogP contribution in [0.1, 0.15) is 31.9 Å². The molecule has 0 saturated carbocycles. The zero-order valence-electron chi connectivity index (χ0n) is 12.2. The van der Waals surface area contributed by atoms with Crippen molar-refractivity contribution in [2.45, 2.75) is 40.3 Å². The summed E-state index contributed by atoms with van der Waals surface area (Å²) in [5.74, 6) is 0. The standard InChI is InChI=1S/C16H26N2/c1-13-7-5-6-8-14(13)11-18-10-9-17-15(12-18)16(2,3)4/h5-8,15,17H,9-12H2,1-4H3. The van der Waals surface area contributed by atoms with Gasteiger partial charge in [-0.25, -0.2) is 0 Å². The predicted molar refractivity (Wildman–Crippen MR) is 77.7 cm³/mol. The number of piperazine rings is 1. The minimum Gasteiger partial charge on any atom is -0.311 e. The lowest BCUT2D eigenvalue weighted by Gasteiger charge is -2.40. The molecule has 1 fully saturated rings. The van der Waals surface area contributed by atoms with Crippen LogP contribution in [-0.2, 0) is 6.54 Å². The molecule has 1 unspecified atom stereocenters. The number of rotatable bonds is 2. The number of nitrogens with zero attached hydrogens (tertiary/aromatic N) is 1. The van der Waals surface area contributed by atoms with E-state index < -0.39 is 0 Å². The molecule has 1 heterocycles. The van der Waals surface area contributed by atoms with Gasteiger partial charge in [-0.2, -0.15) is 0 Å². The van der Waals surface area contributed by atoms with Gasteiger partial charge in [0.2, 0.25) is 0 Å². The van der Waals surface area contributed by atoms with E-state index in [1.165, 1.54) is 11.1 Å². The molecule has 2 heteroatoms. The first-order chi connectivity index (χ1) is 8.47. The Hall–Kier alpha value is -0.860. The van der Waals surface area contributed by atoms with Crippen LogP contribution < -0.4 is 5.32 Å². The Kier molecular flexibility index (Phi) is 4.08. The molecule has 0 bridgehead atoms. The topological polar surface area (TPSA) is 15.3 Å². The van der Waals surface area contributed by atoms with Gasteiger partial charge >= 0.3 is 0 Å². The molecule has 2 nitrogen and oxygen atoms in total. The monoisotopic (exact) mass is 246 g/mol. The smallest absolute Gasteiger partial charge is 0.0244 e. The molecule has 0 aromatic heterocycles. The molecule has 1 N–H and O–H groups in total. The third-order valence-electron chi connectivity index (χ3n) is 3.96. The molecule has 1 aromatic carbocycles. The Morgan fingerprint density at radius 3 is 2.67 bits per heavy atom. The van der Waals surface area contributed by atoms with E-state index in [0.717, 1.165) is 26.2 Å². The molecule has 1 atom stereocenters. The second-order valence-corrected chi connectivity index (χ2v) is 6.53. The number of benzene rings is 1. The van der Waals surface area contributed by atoms with Crippen LogP contribution in [0.15, 0.2) is 24.3 Å². The summed E-state index contributed by atoms with van der Waals surface area (Å²) in [6, 6.07) is 9.32. The number of aryl methyl sites for hydroxylation is 1. The average Bonchev–Trinajstić information content (AvgIpc) is 2.31. The molecule has 1 aliphatic heterocycles. The van der Waals surface area contributed by atoms with Gasteiger partial charge in [0.25, 0.3) is 0 Å². The molecule has 1 aliphatic rings. The van der Waals surface area contributed by atoms with Gasteiger partial charge in [0.05, 0.1) is 0 Å².